The fourth-order valence-electron chi connectivity index (χ4n) is 3.24. The summed E-state index contributed by atoms with van der Waals surface area (Å²) >= 11 is 1.39. The predicted octanol–water partition coefficient (Wildman–Crippen LogP) is 3.58. The van der Waals surface area contributed by atoms with Crippen molar-refractivity contribution in [1.82, 2.24) is 29.2 Å². The fraction of sp³-hybridized carbons (Fsp3) is 0.238. The van der Waals surface area contributed by atoms with Gasteiger partial charge in [0.1, 0.15) is 28.4 Å². The summed E-state index contributed by atoms with van der Waals surface area (Å²) < 4.78 is 22.9. The van der Waals surface area contributed by atoms with Crippen molar-refractivity contribution in [3.05, 3.63) is 70.6 Å². The van der Waals surface area contributed by atoms with Gasteiger partial charge in [0.05, 0.1) is 12.2 Å². The van der Waals surface area contributed by atoms with Gasteiger partial charge in [0.25, 0.3) is 5.56 Å². The molecule has 1 aliphatic carbocycles. The summed E-state index contributed by atoms with van der Waals surface area (Å²) in [5, 5.41) is 8.54. The molecule has 0 atom stereocenters. The van der Waals surface area contributed by atoms with Crippen molar-refractivity contribution in [3.8, 4) is 22.9 Å². The zero-order chi connectivity index (χ0) is 21.4. The molecule has 1 fully saturated rings. The van der Waals surface area contributed by atoms with E-state index in [1.165, 1.54) is 24.3 Å². The maximum atomic E-state index is 14.2. The normalized spacial score (nSPS) is 13.8. The molecule has 0 bridgehead atoms. The van der Waals surface area contributed by atoms with Crippen LogP contribution in [0, 0.1) is 5.82 Å². The third kappa shape index (κ3) is 4.17. The molecule has 1 saturated carbocycles. The van der Waals surface area contributed by atoms with Crippen molar-refractivity contribution >= 4 is 11.9 Å². The smallest absolute Gasteiger partial charge is 0.266 e. The van der Waals surface area contributed by atoms with Crippen LogP contribution in [0.15, 0.2) is 63.1 Å². The SMILES string of the molecule is CN(Sc1cnc(-c2cc(-c3ccon3)n(Cc3ccccc3F)n2)[nH]c1=O)C1CC1. The Kier molecular flexibility index (Phi) is 5.16. The van der Waals surface area contributed by atoms with E-state index in [1.54, 1.807) is 41.2 Å². The van der Waals surface area contributed by atoms with Gasteiger partial charge in [-0.05, 0) is 44.0 Å². The molecular formula is C21H19FN6O2S. The van der Waals surface area contributed by atoms with Gasteiger partial charge >= 0.3 is 0 Å². The summed E-state index contributed by atoms with van der Waals surface area (Å²) in [6.07, 6.45) is 5.32. The number of nitrogens with one attached hydrogen (secondary N) is 1. The van der Waals surface area contributed by atoms with Crippen LogP contribution in [0.3, 0.4) is 0 Å². The fourth-order valence-corrected chi connectivity index (χ4v) is 4.14. The number of aromatic nitrogens is 5. The van der Waals surface area contributed by atoms with Gasteiger partial charge in [-0.1, -0.05) is 23.4 Å². The molecule has 0 spiro atoms. The Morgan fingerprint density at radius 1 is 1.29 bits per heavy atom. The molecule has 158 valence electrons. The van der Waals surface area contributed by atoms with E-state index in [9.17, 15) is 9.18 Å². The quantitative estimate of drug-likeness (QED) is 0.441. The van der Waals surface area contributed by atoms with Gasteiger partial charge in [-0.3, -0.25) is 9.48 Å². The molecule has 4 aromatic rings. The van der Waals surface area contributed by atoms with Crippen LogP contribution in [0.25, 0.3) is 22.9 Å². The molecule has 3 heterocycles. The van der Waals surface area contributed by atoms with E-state index in [0.29, 0.717) is 39.4 Å². The van der Waals surface area contributed by atoms with Crippen LogP contribution in [0.1, 0.15) is 18.4 Å². The lowest BCUT2D eigenvalue weighted by molar-refractivity contribution is 0.421. The van der Waals surface area contributed by atoms with Gasteiger partial charge in [0, 0.05) is 23.9 Å². The molecular weight excluding hydrogens is 419 g/mol. The average molecular weight is 438 g/mol. The molecule has 1 aromatic carbocycles. The maximum Gasteiger partial charge on any atom is 0.266 e. The number of hydrogen-bond acceptors (Lipinski definition) is 7. The summed E-state index contributed by atoms with van der Waals surface area (Å²) in [6, 6.07) is 10.5. The maximum absolute atomic E-state index is 14.2. The number of rotatable bonds is 7. The number of aromatic amines is 1. The van der Waals surface area contributed by atoms with Crippen LogP contribution in [0.4, 0.5) is 4.39 Å². The summed E-state index contributed by atoms with van der Waals surface area (Å²) in [5.74, 6) is 0.0128. The van der Waals surface area contributed by atoms with Gasteiger partial charge in [0.15, 0.2) is 5.82 Å². The highest BCUT2D eigenvalue weighted by molar-refractivity contribution is 7.97. The largest absolute Gasteiger partial charge is 0.364 e. The molecule has 0 unspecified atom stereocenters. The average Bonchev–Trinajstić information content (AvgIpc) is 3.32. The number of hydrogen-bond donors (Lipinski definition) is 1. The summed E-state index contributed by atoms with van der Waals surface area (Å²) in [5.41, 5.74) is 1.89. The lowest BCUT2D eigenvalue weighted by atomic mass is 10.2. The molecule has 0 amide bonds. The topological polar surface area (TPSA) is 92.8 Å². The number of nitrogens with zero attached hydrogens (tertiary/aromatic N) is 5. The first-order valence-electron chi connectivity index (χ1n) is 9.81. The van der Waals surface area contributed by atoms with Crippen molar-refractivity contribution in [1.29, 1.82) is 0 Å². The molecule has 0 aliphatic heterocycles. The van der Waals surface area contributed by atoms with Crippen molar-refractivity contribution < 1.29 is 8.91 Å². The molecule has 5 rings (SSSR count). The Balaban J connectivity index is 1.49. The minimum atomic E-state index is -0.321. The molecule has 1 N–H and O–H groups in total. The Hall–Kier alpha value is -3.24. The first kappa shape index (κ1) is 19.7. The molecule has 10 heteroatoms. The third-order valence-corrected chi connectivity index (χ3v) is 6.14. The highest BCUT2D eigenvalue weighted by atomic mass is 32.2. The number of benzene rings is 1. The second kappa shape index (κ2) is 8.12. The minimum Gasteiger partial charge on any atom is -0.364 e. The minimum absolute atomic E-state index is 0.194. The Labute approximate surface area is 181 Å². The Bertz CT molecular complexity index is 1270. The van der Waals surface area contributed by atoms with E-state index in [4.69, 9.17) is 4.52 Å². The van der Waals surface area contributed by atoms with E-state index < -0.39 is 0 Å². The van der Waals surface area contributed by atoms with Crippen LogP contribution in [-0.4, -0.2) is 42.3 Å². The highest BCUT2D eigenvalue weighted by Gasteiger charge is 2.27. The van der Waals surface area contributed by atoms with Gasteiger partial charge in [0.2, 0.25) is 0 Å². The van der Waals surface area contributed by atoms with Gasteiger partial charge < -0.3 is 9.51 Å². The lowest BCUT2D eigenvalue weighted by Crippen LogP contribution is -2.17. The van der Waals surface area contributed by atoms with Gasteiger partial charge in [-0.25, -0.2) is 13.7 Å². The first-order chi connectivity index (χ1) is 15.1. The van der Waals surface area contributed by atoms with Crippen LogP contribution in [0.5, 0.6) is 0 Å². The molecule has 1 aliphatic rings. The zero-order valence-electron chi connectivity index (χ0n) is 16.7. The first-order valence-corrected chi connectivity index (χ1v) is 10.6. The predicted molar refractivity (Wildman–Crippen MR) is 114 cm³/mol. The van der Waals surface area contributed by atoms with Crippen LogP contribution < -0.4 is 5.56 Å². The standard InChI is InChI=1S/C21H19FN6O2S/c1-27(14-6-7-14)31-19-11-23-20(24-21(19)29)17-10-18(16-8-9-30-26-16)28(25-17)12-13-4-2-3-5-15(13)22/h2-5,8-11,14H,6-7,12H2,1H3,(H,23,24,29). The second-order valence-electron chi connectivity index (χ2n) is 7.34. The molecule has 3 aromatic heterocycles. The van der Waals surface area contributed by atoms with E-state index in [-0.39, 0.29) is 17.9 Å². The van der Waals surface area contributed by atoms with Crippen LogP contribution in [0.2, 0.25) is 0 Å². The van der Waals surface area contributed by atoms with E-state index in [0.717, 1.165) is 12.8 Å². The Morgan fingerprint density at radius 3 is 2.84 bits per heavy atom. The van der Waals surface area contributed by atoms with Crippen molar-refractivity contribution in [2.24, 2.45) is 0 Å². The highest BCUT2D eigenvalue weighted by Crippen LogP contribution is 2.33. The Morgan fingerprint density at radius 2 is 2.13 bits per heavy atom. The van der Waals surface area contributed by atoms with Crippen molar-refractivity contribution in [2.45, 2.75) is 30.3 Å². The van der Waals surface area contributed by atoms with Crippen LogP contribution in [-0.2, 0) is 6.54 Å². The monoisotopic (exact) mass is 438 g/mol. The summed E-state index contributed by atoms with van der Waals surface area (Å²) in [4.78, 5) is 20.3. The van der Waals surface area contributed by atoms with Gasteiger partial charge in [-0.2, -0.15) is 5.10 Å². The lowest BCUT2D eigenvalue weighted by Gasteiger charge is -2.13. The van der Waals surface area contributed by atoms with Gasteiger partial charge in [-0.15, -0.1) is 0 Å². The molecule has 0 saturated heterocycles. The molecule has 0 radical (unpaired) electrons. The second-order valence-corrected chi connectivity index (χ2v) is 8.54. The molecule has 8 nitrogen and oxygen atoms in total. The van der Waals surface area contributed by atoms with E-state index in [1.807, 2.05) is 7.05 Å². The number of halogens is 1. The zero-order valence-corrected chi connectivity index (χ0v) is 17.5. The third-order valence-electron chi connectivity index (χ3n) is 5.07. The van der Waals surface area contributed by atoms with Crippen molar-refractivity contribution in [3.63, 3.8) is 0 Å². The van der Waals surface area contributed by atoms with E-state index in [2.05, 4.69) is 24.5 Å². The van der Waals surface area contributed by atoms with Crippen molar-refractivity contribution in [2.75, 3.05) is 7.05 Å². The van der Waals surface area contributed by atoms with E-state index >= 15 is 0 Å². The summed E-state index contributed by atoms with van der Waals surface area (Å²) in [7, 11) is 1.98. The summed E-state index contributed by atoms with van der Waals surface area (Å²) in [6.45, 7) is 0.194. The molecule has 31 heavy (non-hydrogen) atoms. The number of H-pyrrole nitrogens is 1. The van der Waals surface area contributed by atoms with Crippen LogP contribution >= 0.6 is 11.9 Å².